The highest BCUT2D eigenvalue weighted by atomic mass is 32.1. The number of thiophene rings is 1. The van der Waals surface area contributed by atoms with Crippen LogP contribution in [0.3, 0.4) is 0 Å². The van der Waals surface area contributed by atoms with E-state index in [0.29, 0.717) is 5.76 Å². The molecule has 0 unspecified atom stereocenters. The first kappa shape index (κ1) is 8.96. The van der Waals surface area contributed by atoms with Gasteiger partial charge in [0.15, 0.2) is 11.5 Å². The van der Waals surface area contributed by atoms with Crippen molar-refractivity contribution in [2.75, 3.05) is 0 Å². The molecule has 0 bridgehead atoms. The zero-order valence-electron chi connectivity index (χ0n) is 7.35. The van der Waals surface area contributed by atoms with E-state index in [1.54, 1.807) is 11.3 Å². The molecular weight excluding hydrogens is 202 g/mol. The van der Waals surface area contributed by atoms with E-state index in [1.807, 2.05) is 17.7 Å². The summed E-state index contributed by atoms with van der Waals surface area (Å²) < 4.78 is 4.93. The molecular formula is C9H7NO3S. The summed E-state index contributed by atoms with van der Waals surface area (Å²) in [6.07, 6.45) is 0. The number of aromatic nitrogens is 1. The first-order valence-corrected chi connectivity index (χ1v) is 4.86. The molecule has 0 aromatic carbocycles. The van der Waals surface area contributed by atoms with Gasteiger partial charge in [-0.3, -0.25) is 0 Å². The maximum atomic E-state index is 10.5. The third-order valence-electron chi connectivity index (χ3n) is 1.85. The number of nitrogens with zero attached hydrogens (tertiary/aromatic N) is 1. The van der Waals surface area contributed by atoms with Gasteiger partial charge in [-0.15, -0.1) is 0 Å². The Kier molecular flexibility index (Phi) is 2.09. The van der Waals surface area contributed by atoms with Gasteiger partial charge in [-0.2, -0.15) is 11.3 Å². The molecule has 72 valence electrons. The van der Waals surface area contributed by atoms with E-state index in [-0.39, 0.29) is 5.69 Å². The van der Waals surface area contributed by atoms with E-state index >= 15 is 0 Å². The van der Waals surface area contributed by atoms with Gasteiger partial charge >= 0.3 is 5.97 Å². The lowest BCUT2D eigenvalue weighted by Gasteiger charge is -1.89. The first-order chi connectivity index (χ1) is 6.68. The van der Waals surface area contributed by atoms with Crippen molar-refractivity contribution in [1.82, 2.24) is 5.16 Å². The topological polar surface area (TPSA) is 63.3 Å². The zero-order valence-corrected chi connectivity index (χ0v) is 8.17. The van der Waals surface area contributed by atoms with E-state index in [4.69, 9.17) is 9.63 Å². The van der Waals surface area contributed by atoms with E-state index in [9.17, 15) is 4.79 Å². The van der Waals surface area contributed by atoms with Crippen LogP contribution in [0.15, 0.2) is 21.3 Å². The molecule has 0 aliphatic carbocycles. The normalized spacial score (nSPS) is 10.4. The highest BCUT2D eigenvalue weighted by Gasteiger charge is 2.13. The molecule has 2 aromatic rings. The van der Waals surface area contributed by atoms with Crippen LogP contribution in [0.25, 0.3) is 11.3 Å². The summed E-state index contributed by atoms with van der Waals surface area (Å²) in [5, 5.41) is 16.0. The van der Waals surface area contributed by atoms with Gasteiger partial charge in [-0.05, 0) is 17.9 Å². The average molecular weight is 209 g/mol. The van der Waals surface area contributed by atoms with Crippen molar-refractivity contribution < 1.29 is 14.4 Å². The molecule has 2 rings (SSSR count). The number of aryl methyl sites for hydroxylation is 1. The van der Waals surface area contributed by atoms with Gasteiger partial charge in [0.05, 0.1) is 0 Å². The van der Waals surface area contributed by atoms with E-state index in [0.717, 1.165) is 11.1 Å². The quantitative estimate of drug-likeness (QED) is 0.824. The number of hydrogen-bond donors (Lipinski definition) is 1. The number of carboxylic acids is 1. The van der Waals surface area contributed by atoms with Gasteiger partial charge in [0, 0.05) is 17.0 Å². The Bertz CT molecular complexity index is 472. The lowest BCUT2D eigenvalue weighted by molar-refractivity contribution is 0.0686. The molecule has 0 amide bonds. The van der Waals surface area contributed by atoms with Crippen LogP contribution >= 0.6 is 11.3 Å². The second kappa shape index (κ2) is 3.26. The fraction of sp³-hybridized carbons (Fsp3) is 0.111. The monoisotopic (exact) mass is 209 g/mol. The van der Waals surface area contributed by atoms with Crippen molar-refractivity contribution >= 4 is 17.3 Å². The Balaban J connectivity index is 2.43. The van der Waals surface area contributed by atoms with Crippen LogP contribution in [0, 0.1) is 6.92 Å². The van der Waals surface area contributed by atoms with Gasteiger partial charge in [0.2, 0.25) is 0 Å². The molecule has 0 aliphatic rings. The molecule has 0 spiro atoms. The lowest BCUT2D eigenvalue weighted by Crippen LogP contribution is -1.94. The summed E-state index contributed by atoms with van der Waals surface area (Å²) >= 11 is 1.54. The Morgan fingerprint density at radius 2 is 2.36 bits per heavy atom. The van der Waals surface area contributed by atoms with Gasteiger partial charge in [0.1, 0.15) is 0 Å². The SMILES string of the molecule is Cc1cscc1-c1cc(C(=O)O)no1. The van der Waals surface area contributed by atoms with E-state index < -0.39 is 5.97 Å². The molecule has 0 aliphatic heterocycles. The zero-order chi connectivity index (χ0) is 10.1. The summed E-state index contributed by atoms with van der Waals surface area (Å²) in [6.45, 7) is 1.94. The predicted molar refractivity (Wildman–Crippen MR) is 51.5 cm³/mol. The molecule has 1 N–H and O–H groups in total. The highest BCUT2D eigenvalue weighted by molar-refractivity contribution is 7.08. The number of carboxylic acid groups (broad SMARTS) is 1. The van der Waals surface area contributed by atoms with Gasteiger partial charge in [0.25, 0.3) is 0 Å². The molecule has 0 fully saturated rings. The summed E-state index contributed by atoms with van der Waals surface area (Å²) in [5.74, 6) is -0.575. The van der Waals surface area contributed by atoms with Crippen molar-refractivity contribution in [2.45, 2.75) is 6.92 Å². The van der Waals surface area contributed by atoms with Gasteiger partial charge in [-0.1, -0.05) is 5.16 Å². The fourth-order valence-corrected chi connectivity index (χ4v) is 1.95. The molecule has 4 nitrogen and oxygen atoms in total. The first-order valence-electron chi connectivity index (χ1n) is 3.91. The number of hydrogen-bond acceptors (Lipinski definition) is 4. The summed E-state index contributed by atoms with van der Waals surface area (Å²) in [5.41, 5.74) is 1.89. The minimum Gasteiger partial charge on any atom is -0.476 e. The highest BCUT2D eigenvalue weighted by Crippen LogP contribution is 2.27. The Labute approximate surface area is 83.8 Å². The minimum absolute atomic E-state index is 0.0643. The second-order valence-corrected chi connectivity index (χ2v) is 3.59. The summed E-state index contributed by atoms with van der Waals surface area (Å²) in [7, 11) is 0. The van der Waals surface area contributed by atoms with Crippen molar-refractivity contribution in [3.8, 4) is 11.3 Å². The molecule has 0 saturated heterocycles. The molecule has 5 heteroatoms. The molecule has 0 atom stereocenters. The van der Waals surface area contributed by atoms with Crippen LogP contribution in [-0.4, -0.2) is 16.2 Å². The van der Waals surface area contributed by atoms with E-state index in [1.165, 1.54) is 6.07 Å². The van der Waals surface area contributed by atoms with Crippen molar-refractivity contribution in [3.63, 3.8) is 0 Å². The van der Waals surface area contributed by atoms with Crippen LogP contribution in [-0.2, 0) is 0 Å². The number of rotatable bonds is 2. The maximum absolute atomic E-state index is 10.5. The van der Waals surface area contributed by atoms with Crippen molar-refractivity contribution in [2.24, 2.45) is 0 Å². The fourth-order valence-electron chi connectivity index (χ4n) is 1.12. The molecule has 0 radical (unpaired) electrons. The Morgan fingerprint density at radius 1 is 1.57 bits per heavy atom. The third-order valence-corrected chi connectivity index (χ3v) is 2.71. The molecule has 0 saturated carbocycles. The predicted octanol–water partition coefficient (Wildman–Crippen LogP) is 2.41. The van der Waals surface area contributed by atoms with Crippen LogP contribution in [0.2, 0.25) is 0 Å². The average Bonchev–Trinajstić information content (AvgIpc) is 2.71. The van der Waals surface area contributed by atoms with Crippen LogP contribution < -0.4 is 0 Å². The minimum atomic E-state index is -1.08. The summed E-state index contributed by atoms with van der Waals surface area (Å²) in [4.78, 5) is 10.5. The smallest absolute Gasteiger partial charge is 0.358 e. The third kappa shape index (κ3) is 1.42. The Morgan fingerprint density at radius 3 is 2.86 bits per heavy atom. The largest absolute Gasteiger partial charge is 0.476 e. The summed E-state index contributed by atoms with van der Waals surface area (Å²) in [6, 6.07) is 1.43. The van der Waals surface area contributed by atoms with Crippen LogP contribution in [0.1, 0.15) is 16.1 Å². The van der Waals surface area contributed by atoms with Crippen LogP contribution in [0.4, 0.5) is 0 Å². The maximum Gasteiger partial charge on any atom is 0.358 e. The standard InChI is InChI=1S/C9H7NO3S/c1-5-3-14-4-6(5)8-2-7(9(11)12)10-13-8/h2-4H,1H3,(H,11,12). The van der Waals surface area contributed by atoms with Crippen molar-refractivity contribution in [1.29, 1.82) is 0 Å². The second-order valence-electron chi connectivity index (χ2n) is 2.85. The van der Waals surface area contributed by atoms with Gasteiger partial charge < -0.3 is 9.63 Å². The van der Waals surface area contributed by atoms with Gasteiger partial charge in [-0.25, -0.2) is 4.79 Å². The molecule has 2 heterocycles. The Hall–Kier alpha value is -1.62. The van der Waals surface area contributed by atoms with Crippen LogP contribution in [0.5, 0.6) is 0 Å². The van der Waals surface area contributed by atoms with E-state index in [2.05, 4.69) is 5.16 Å². The van der Waals surface area contributed by atoms with Crippen molar-refractivity contribution in [3.05, 3.63) is 28.1 Å². The molecule has 2 aromatic heterocycles. The molecule has 14 heavy (non-hydrogen) atoms. The number of carbonyl (C=O) groups is 1. The lowest BCUT2D eigenvalue weighted by atomic mass is 10.2. The number of aromatic carboxylic acids is 1.